The summed E-state index contributed by atoms with van der Waals surface area (Å²) < 4.78 is 5.13. The Morgan fingerprint density at radius 2 is 2.05 bits per heavy atom. The number of ether oxygens (including phenoxy) is 1. The Balaban J connectivity index is 2.58. The maximum absolute atomic E-state index is 11.7. The van der Waals surface area contributed by atoms with E-state index < -0.39 is 23.8 Å². The zero-order valence-electron chi connectivity index (χ0n) is 12.2. The summed E-state index contributed by atoms with van der Waals surface area (Å²) in [6, 6.07) is -0.683. The molecule has 1 aliphatic carbocycles. The Labute approximate surface area is 114 Å². The summed E-state index contributed by atoms with van der Waals surface area (Å²) in [4.78, 5) is 22.8. The fourth-order valence-electron chi connectivity index (χ4n) is 2.48. The minimum absolute atomic E-state index is 0.221. The predicted octanol–water partition coefficient (Wildman–Crippen LogP) is 1.88. The standard InChI is InChI=1S/C14H25NO4/c1-9-5-6-10(12(17)7-9)11(8-16)15-13(18)19-14(2,3)4/h8-12,17H,5-7H2,1-4H3,(H,15,18)/t9?,10-,11+,12+/m0/s1. The minimum atomic E-state index is -0.683. The van der Waals surface area contributed by atoms with Crippen LogP contribution in [-0.2, 0) is 9.53 Å². The van der Waals surface area contributed by atoms with Crippen LogP contribution in [0.25, 0.3) is 0 Å². The molecular formula is C14H25NO4. The molecular weight excluding hydrogens is 246 g/mol. The molecule has 0 saturated heterocycles. The first kappa shape index (κ1) is 16.0. The summed E-state index contributed by atoms with van der Waals surface area (Å²) >= 11 is 0. The van der Waals surface area contributed by atoms with Gasteiger partial charge < -0.3 is 20.0 Å². The highest BCUT2D eigenvalue weighted by Gasteiger charge is 2.34. The summed E-state index contributed by atoms with van der Waals surface area (Å²) in [6.45, 7) is 7.37. The van der Waals surface area contributed by atoms with E-state index in [1.807, 2.05) is 0 Å². The molecule has 1 rings (SSSR count). The summed E-state index contributed by atoms with van der Waals surface area (Å²) in [5.41, 5.74) is -0.600. The third-order valence-corrected chi connectivity index (χ3v) is 3.42. The van der Waals surface area contributed by atoms with Crippen LogP contribution in [0.3, 0.4) is 0 Å². The topological polar surface area (TPSA) is 75.6 Å². The summed E-state index contributed by atoms with van der Waals surface area (Å²) in [5.74, 6) is 0.237. The first-order valence-corrected chi connectivity index (χ1v) is 6.86. The third-order valence-electron chi connectivity index (χ3n) is 3.42. The Morgan fingerprint density at radius 3 is 2.53 bits per heavy atom. The Kier molecular flexibility index (Phi) is 5.35. The second kappa shape index (κ2) is 6.37. The molecule has 19 heavy (non-hydrogen) atoms. The number of aldehydes is 1. The molecule has 1 aliphatic rings. The zero-order valence-corrected chi connectivity index (χ0v) is 12.2. The van der Waals surface area contributed by atoms with E-state index in [0.29, 0.717) is 18.6 Å². The quantitative estimate of drug-likeness (QED) is 0.768. The van der Waals surface area contributed by atoms with Crippen molar-refractivity contribution in [3.63, 3.8) is 0 Å². The molecule has 4 atom stereocenters. The number of carbonyl (C=O) groups excluding carboxylic acids is 2. The monoisotopic (exact) mass is 271 g/mol. The average Bonchev–Trinajstić information content (AvgIpc) is 2.24. The van der Waals surface area contributed by atoms with Crippen molar-refractivity contribution in [2.75, 3.05) is 0 Å². The van der Waals surface area contributed by atoms with Crippen LogP contribution in [0.5, 0.6) is 0 Å². The number of aliphatic hydroxyl groups excluding tert-OH is 1. The molecule has 0 radical (unpaired) electrons. The van der Waals surface area contributed by atoms with Gasteiger partial charge >= 0.3 is 6.09 Å². The molecule has 0 aromatic rings. The van der Waals surface area contributed by atoms with Crippen LogP contribution in [0, 0.1) is 11.8 Å². The van der Waals surface area contributed by atoms with Crippen LogP contribution in [-0.4, -0.2) is 35.2 Å². The largest absolute Gasteiger partial charge is 0.444 e. The maximum atomic E-state index is 11.7. The smallest absolute Gasteiger partial charge is 0.408 e. The molecule has 1 unspecified atom stereocenters. The van der Waals surface area contributed by atoms with Crippen LogP contribution in [0.1, 0.15) is 47.0 Å². The highest BCUT2D eigenvalue weighted by atomic mass is 16.6. The lowest BCUT2D eigenvalue weighted by atomic mass is 9.77. The lowest BCUT2D eigenvalue weighted by molar-refractivity contribution is -0.112. The SMILES string of the molecule is CC1CC[C@@H]([C@@H](C=O)NC(=O)OC(C)(C)C)[C@H](O)C1. The van der Waals surface area contributed by atoms with E-state index in [-0.39, 0.29) is 5.92 Å². The number of hydrogen-bond acceptors (Lipinski definition) is 4. The van der Waals surface area contributed by atoms with Crippen molar-refractivity contribution >= 4 is 12.4 Å². The second-order valence-corrected chi connectivity index (χ2v) is 6.46. The molecule has 0 heterocycles. The molecule has 0 aromatic heterocycles. The van der Waals surface area contributed by atoms with Crippen LogP contribution in [0.15, 0.2) is 0 Å². The van der Waals surface area contributed by atoms with Gasteiger partial charge in [0.25, 0.3) is 0 Å². The Hall–Kier alpha value is -1.10. The van der Waals surface area contributed by atoms with Gasteiger partial charge in [-0.15, -0.1) is 0 Å². The van der Waals surface area contributed by atoms with Crippen molar-refractivity contribution in [3.8, 4) is 0 Å². The normalized spacial score (nSPS) is 29.4. The van der Waals surface area contributed by atoms with Gasteiger partial charge in [-0.25, -0.2) is 4.79 Å². The van der Waals surface area contributed by atoms with Crippen LogP contribution >= 0.6 is 0 Å². The number of nitrogens with one attached hydrogen (secondary N) is 1. The highest BCUT2D eigenvalue weighted by molar-refractivity contribution is 5.73. The van der Waals surface area contributed by atoms with Gasteiger partial charge in [-0.3, -0.25) is 0 Å². The van der Waals surface area contributed by atoms with Gasteiger partial charge in [-0.1, -0.05) is 13.3 Å². The van der Waals surface area contributed by atoms with Gasteiger partial charge in [0.15, 0.2) is 0 Å². The van der Waals surface area contributed by atoms with E-state index in [1.54, 1.807) is 20.8 Å². The molecule has 110 valence electrons. The van der Waals surface area contributed by atoms with Gasteiger partial charge in [0.2, 0.25) is 0 Å². The number of amides is 1. The molecule has 0 aliphatic heterocycles. The van der Waals surface area contributed by atoms with Crippen molar-refractivity contribution in [2.45, 2.75) is 64.7 Å². The summed E-state index contributed by atoms with van der Waals surface area (Å²) in [7, 11) is 0. The molecule has 0 spiro atoms. The molecule has 1 saturated carbocycles. The van der Waals surface area contributed by atoms with E-state index in [1.165, 1.54) is 0 Å². The fourth-order valence-corrected chi connectivity index (χ4v) is 2.48. The summed E-state index contributed by atoms with van der Waals surface area (Å²) in [5, 5.41) is 12.6. The third kappa shape index (κ3) is 5.19. The van der Waals surface area contributed by atoms with Crippen molar-refractivity contribution in [3.05, 3.63) is 0 Å². The molecule has 1 amide bonds. The molecule has 0 aromatic carbocycles. The van der Waals surface area contributed by atoms with Crippen molar-refractivity contribution in [2.24, 2.45) is 11.8 Å². The van der Waals surface area contributed by atoms with Gasteiger partial charge in [-0.05, 0) is 39.5 Å². The lowest BCUT2D eigenvalue weighted by Crippen LogP contribution is -2.49. The van der Waals surface area contributed by atoms with E-state index in [9.17, 15) is 14.7 Å². The average molecular weight is 271 g/mol. The number of carbonyl (C=O) groups is 2. The van der Waals surface area contributed by atoms with E-state index in [2.05, 4.69) is 12.2 Å². The number of rotatable bonds is 3. The number of hydrogen-bond donors (Lipinski definition) is 2. The molecule has 0 bridgehead atoms. The maximum Gasteiger partial charge on any atom is 0.408 e. The van der Waals surface area contributed by atoms with Gasteiger partial charge in [0.05, 0.1) is 12.1 Å². The van der Waals surface area contributed by atoms with Gasteiger partial charge in [0, 0.05) is 5.92 Å². The highest BCUT2D eigenvalue weighted by Crippen LogP contribution is 2.30. The first-order valence-electron chi connectivity index (χ1n) is 6.86. The second-order valence-electron chi connectivity index (χ2n) is 6.46. The number of aliphatic hydroxyl groups is 1. The molecule has 2 N–H and O–H groups in total. The van der Waals surface area contributed by atoms with Crippen molar-refractivity contribution in [1.82, 2.24) is 5.32 Å². The Morgan fingerprint density at radius 1 is 1.42 bits per heavy atom. The van der Waals surface area contributed by atoms with Crippen molar-refractivity contribution < 1.29 is 19.4 Å². The van der Waals surface area contributed by atoms with E-state index in [0.717, 1.165) is 12.8 Å². The van der Waals surface area contributed by atoms with Crippen molar-refractivity contribution in [1.29, 1.82) is 0 Å². The minimum Gasteiger partial charge on any atom is -0.444 e. The molecule has 5 heteroatoms. The Bertz CT molecular complexity index is 324. The fraction of sp³-hybridized carbons (Fsp3) is 0.857. The van der Waals surface area contributed by atoms with Gasteiger partial charge in [0.1, 0.15) is 11.9 Å². The predicted molar refractivity (Wildman–Crippen MR) is 71.7 cm³/mol. The zero-order chi connectivity index (χ0) is 14.6. The lowest BCUT2D eigenvalue weighted by Gasteiger charge is -2.35. The van der Waals surface area contributed by atoms with Crippen LogP contribution in [0.4, 0.5) is 4.79 Å². The molecule has 5 nitrogen and oxygen atoms in total. The summed E-state index contributed by atoms with van der Waals surface area (Å²) in [6.07, 6.45) is 1.90. The van der Waals surface area contributed by atoms with Gasteiger partial charge in [-0.2, -0.15) is 0 Å². The number of alkyl carbamates (subject to hydrolysis) is 1. The molecule has 1 fully saturated rings. The van der Waals surface area contributed by atoms with E-state index in [4.69, 9.17) is 4.74 Å². The van der Waals surface area contributed by atoms with Crippen LogP contribution < -0.4 is 5.32 Å². The first-order chi connectivity index (χ1) is 8.73. The van der Waals surface area contributed by atoms with Crippen LogP contribution in [0.2, 0.25) is 0 Å². The van der Waals surface area contributed by atoms with E-state index >= 15 is 0 Å².